The fraction of sp³-hybridized carbons (Fsp3) is 1.00. The van der Waals surface area contributed by atoms with Crippen LogP contribution in [0.2, 0.25) is 0 Å². The smallest absolute Gasteiger partial charge is 0.189 e. The van der Waals surface area contributed by atoms with Crippen molar-refractivity contribution in [3.63, 3.8) is 0 Å². The molecule has 14 heavy (non-hydrogen) atoms. The second-order valence-corrected chi connectivity index (χ2v) is 5.00. The summed E-state index contributed by atoms with van der Waals surface area (Å²) in [6.45, 7) is 1.05. The lowest BCUT2D eigenvalue weighted by atomic mass is 10.5. The van der Waals surface area contributed by atoms with E-state index in [2.05, 4.69) is 0 Å². The molecule has 8 heteroatoms. The molecule has 0 aliphatic carbocycles. The molecule has 0 aromatic carbocycles. The normalized spacial score (nSPS) is 12.1. The molecule has 0 fully saturated rings. The molecule has 0 spiro atoms. The molecule has 0 aliphatic heterocycles. The molecule has 0 aromatic heterocycles. The summed E-state index contributed by atoms with van der Waals surface area (Å²) in [6.07, 6.45) is 2.19. The predicted molar refractivity (Wildman–Crippen MR) is 59.7 cm³/mol. The molecule has 7 N–H and O–H groups in total. The third-order valence-corrected chi connectivity index (χ3v) is 2.65. The van der Waals surface area contributed by atoms with Gasteiger partial charge in [0.25, 0.3) is 0 Å². The van der Waals surface area contributed by atoms with Crippen LogP contribution in [-0.2, 0) is 4.57 Å². The summed E-state index contributed by atoms with van der Waals surface area (Å²) >= 11 is 0. The summed E-state index contributed by atoms with van der Waals surface area (Å²) in [5, 5.41) is 0. The zero-order chi connectivity index (χ0) is 11.4. The third-order valence-electron chi connectivity index (χ3n) is 1.16. The fourth-order valence-electron chi connectivity index (χ4n) is 0.486. The second kappa shape index (κ2) is 13.5. The van der Waals surface area contributed by atoms with Crippen LogP contribution in [0.5, 0.6) is 0 Å². The summed E-state index contributed by atoms with van der Waals surface area (Å²) in [5.74, 6) is 0. The quantitative estimate of drug-likeness (QED) is 0.399. The van der Waals surface area contributed by atoms with Crippen LogP contribution in [0.1, 0.15) is 12.8 Å². The lowest BCUT2D eigenvalue weighted by Crippen LogP contribution is -1.99. The highest BCUT2D eigenvalue weighted by molar-refractivity contribution is 7.45. The second-order valence-electron chi connectivity index (χ2n) is 2.52. The average Bonchev–Trinajstić information content (AvgIpc) is 2.12. The highest BCUT2D eigenvalue weighted by Crippen LogP contribution is 2.22. The van der Waals surface area contributed by atoms with Gasteiger partial charge in [0.05, 0.1) is 0 Å². The van der Waals surface area contributed by atoms with Gasteiger partial charge in [0.15, 0.2) is 16.4 Å². The first kappa shape index (κ1) is 16.9. The Hall–Kier alpha value is 0.460. The minimum atomic E-state index is -2.23. The van der Waals surface area contributed by atoms with Crippen LogP contribution < -0.4 is 11.5 Å². The summed E-state index contributed by atoms with van der Waals surface area (Å²) in [4.78, 5) is 24.7. The van der Waals surface area contributed by atoms with E-state index >= 15 is 0 Å². The van der Waals surface area contributed by atoms with Crippen molar-refractivity contribution in [3.8, 4) is 0 Å². The van der Waals surface area contributed by atoms with E-state index in [0.29, 0.717) is 38.3 Å². The third kappa shape index (κ3) is 22.9. The van der Waals surface area contributed by atoms with Gasteiger partial charge in [0.2, 0.25) is 0 Å². The number of rotatable bonds is 6. The minimum absolute atomic E-state index is 0.376. The van der Waals surface area contributed by atoms with E-state index in [4.69, 9.17) is 26.1 Å². The minimum Gasteiger partial charge on any atom is -0.350 e. The molecule has 1 unspecified atom stereocenters. The molecule has 0 amide bonds. The summed E-state index contributed by atoms with van der Waals surface area (Å²) in [7, 11) is -3.91. The van der Waals surface area contributed by atoms with Crippen LogP contribution in [-0.4, -0.2) is 40.1 Å². The van der Waals surface area contributed by atoms with E-state index < -0.39 is 16.4 Å². The van der Waals surface area contributed by atoms with Crippen molar-refractivity contribution < 1.29 is 19.2 Å². The zero-order valence-electron chi connectivity index (χ0n) is 8.09. The monoisotopic (exact) mass is 246 g/mol. The molecule has 0 aliphatic rings. The molecule has 0 saturated heterocycles. The van der Waals surface area contributed by atoms with Crippen molar-refractivity contribution in [1.29, 1.82) is 0 Å². The lowest BCUT2D eigenvalue weighted by Gasteiger charge is -1.96. The van der Waals surface area contributed by atoms with Crippen LogP contribution >= 0.6 is 16.4 Å². The molecule has 0 radical (unpaired) electrons. The van der Waals surface area contributed by atoms with Gasteiger partial charge in [-0.3, -0.25) is 4.57 Å². The van der Waals surface area contributed by atoms with Crippen LogP contribution in [0, 0.1) is 0 Å². The van der Waals surface area contributed by atoms with Crippen molar-refractivity contribution >= 4 is 16.4 Å². The summed E-state index contributed by atoms with van der Waals surface area (Å²) < 4.78 is 9.89. The largest absolute Gasteiger partial charge is 0.350 e. The van der Waals surface area contributed by atoms with Crippen LogP contribution in [0.25, 0.3) is 0 Å². The van der Waals surface area contributed by atoms with Crippen LogP contribution in [0.3, 0.4) is 0 Å². The number of nitrogens with two attached hydrogens (primary N) is 2. The van der Waals surface area contributed by atoms with Gasteiger partial charge in [0, 0.05) is 12.3 Å². The average molecular weight is 246 g/mol. The first-order valence-electron chi connectivity index (χ1n) is 4.31. The van der Waals surface area contributed by atoms with Crippen LogP contribution in [0.15, 0.2) is 0 Å². The van der Waals surface area contributed by atoms with E-state index in [1.165, 1.54) is 0 Å². The first-order valence-corrected chi connectivity index (χ1v) is 7.31. The van der Waals surface area contributed by atoms with Crippen molar-refractivity contribution in [2.75, 3.05) is 25.4 Å². The molecule has 0 aromatic rings. The van der Waals surface area contributed by atoms with Crippen molar-refractivity contribution in [2.45, 2.75) is 12.8 Å². The van der Waals surface area contributed by atoms with E-state index in [1.54, 1.807) is 0 Å². The van der Waals surface area contributed by atoms with Gasteiger partial charge in [-0.15, -0.1) is 0 Å². The maximum Gasteiger partial charge on any atom is 0.189 e. The summed E-state index contributed by atoms with van der Waals surface area (Å²) in [6, 6.07) is 0. The molecule has 0 heterocycles. The Balaban J connectivity index is 0. The van der Waals surface area contributed by atoms with Crippen molar-refractivity contribution in [1.82, 2.24) is 0 Å². The van der Waals surface area contributed by atoms with Crippen molar-refractivity contribution in [3.05, 3.63) is 0 Å². The van der Waals surface area contributed by atoms with Gasteiger partial charge >= 0.3 is 0 Å². The van der Waals surface area contributed by atoms with E-state index in [1.807, 2.05) is 0 Å². The Morgan fingerprint density at radius 1 is 1.14 bits per heavy atom. The molecule has 1 atom stereocenters. The first-order chi connectivity index (χ1) is 6.54. The highest BCUT2D eigenvalue weighted by atomic mass is 31.2. The number of hydrogen-bond donors (Lipinski definition) is 5. The zero-order valence-corrected chi connectivity index (χ0v) is 9.99. The fourth-order valence-corrected chi connectivity index (χ4v) is 1.46. The molecular formula is C6H20N2O4P2. The molecule has 0 saturated carbocycles. The van der Waals surface area contributed by atoms with Gasteiger partial charge in [-0.2, -0.15) is 0 Å². The molecule has 0 bridgehead atoms. The lowest BCUT2D eigenvalue weighted by molar-refractivity contribution is 0.480. The Bertz CT molecular complexity index is 137. The maximum atomic E-state index is 9.89. The van der Waals surface area contributed by atoms with Gasteiger partial charge in [0.1, 0.15) is 0 Å². The SMILES string of the molecule is NCCCP(O)O.NCCC[PH](=O)O. The standard InChI is InChI=1S/2C3H10NO2P/c2*4-2-1-3-7(5)6/h7H,1-4H2,(H,5,6);5-6H,1-4H2. The Morgan fingerprint density at radius 2 is 1.64 bits per heavy atom. The molecule has 88 valence electrons. The van der Waals surface area contributed by atoms with E-state index in [-0.39, 0.29) is 0 Å². The molecular weight excluding hydrogens is 226 g/mol. The Labute approximate surface area is 86.1 Å². The highest BCUT2D eigenvalue weighted by Gasteiger charge is 1.93. The van der Waals surface area contributed by atoms with Gasteiger partial charge in [-0.1, -0.05) is 0 Å². The van der Waals surface area contributed by atoms with E-state index in [9.17, 15) is 4.57 Å². The predicted octanol–water partition coefficient (Wildman–Crippen LogP) is -0.566. The molecule has 6 nitrogen and oxygen atoms in total. The Morgan fingerprint density at radius 3 is 1.79 bits per heavy atom. The summed E-state index contributed by atoms with van der Waals surface area (Å²) in [5.41, 5.74) is 10.1. The van der Waals surface area contributed by atoms with E-state index in [0.717, 1.165) is 0 Å². The molecule has 0 rings (SSSR count). The topological polar surface area (TPSA) is 130 Å². The van der Waals surface area contributed by atoms with Gasteiger partial charge in [-0.25, -0.2) is 0 Å². The maximum absolute atomic E-state index is 9.89. The van der Waals surface area contributed by atoms with Crippen molar-refractivity contribution in [2.24, 2.45) is 11.5 Å². The van der Waals surface area contributed by atoms with Crippen LogP contribution in [0.4, 0.5) is 0 Å². The number of hydrogen-bond acceptors (Lipinski definition) is 5. The van der Waals surface area contributed by atoms with Gasteiger partial charge < -0.3 is 26.1 Å². The Kier molecular flexibility index (Phi) is 16.2. The van der Waals surface area contributed by atoms with Gasteiger partial charge in [-0.05, 0) is 25.9 Å².